The molecule has 2 aliphatic heterocycles. The van der Waals surface area contributed by atoms with Gasteiger partial charge in [0.2, 0.25) is 0 Å². The zero-order valence-electron chi connectivity index (χ0n) is 19.9. The van der Waals surface area contributed by atoms with Crippen molar-refractivity contribution in [3.05, 3.63) is 68.9 Å². The second-order valence-electron chi connectivity index (χ2n) is 9.33. The second kappa shape index (κ2) is 8.96. The van der Waals surface area contributed by atoms with E-state index in [-0.39, 0.29) is 23.9 Å². The summed E-state index contributed by atoms with van der Waals surface area (Å²) in [5.74, 6) is -1.04. The highest BCUT2D eigenvalue weighted by Crippen LogP contribution is 2.37. The molecule has 7 nitrogen and oxygen atoms in total. The van der Waals surface area contributed by atoms with E-state index in [1.165, 1.54) is 17.0 Å². The smallest absolute Gasteiger partial charge is 0.253 e. The van der Waals surface area contributed by atoms with Crippen LogP contribution in [0.1, 0.15) is 28.4 Å². The summed E-state index contributed by atoms with van der Waals surface area (Å²) in [7, 11) is 3.28. The molecule has 5 rings (SSSR count). The molecule has 0 N–H and O–H groups in total. The SMILES string of the molecule is CC1Cc2c(F)cc(F)cc2N1Cc1cc(C(=O)N(C)C)cc2c(=O)cc(N3CCOCC3)oc12. The molecule has 9 heteroatoms. The van der Waals surface area contributed by atoms with Crippen molar-refractivity contribution in [1.29, 1.82) is 0 Å². The minimum absolute atomic E-state index is 0.112. The minimum Gasteiger partial charge on any atom is -0.440 e. The predicted octanol–water partition coefficient (Wildman–Crippen LogP) is 3.56. The van der Waals surface area contributed by atoms with Gasteiger partial charge in [0.1, 0.15) is 17.2 Å². The summed E-state index contributed by atoms with van der Waals surface area (Å²) in [6.07, 6.45) is 0.429. The van der Waals surface area contributed by atoms with E-state index < -0.39 is 11.6 Å². The number of carbonyl (C=O) groups is 1. The van der Waals surface area contributed by atoms with Crippen LogP contribution in [0.2, 0.25) is 0 Å². The number of halogens is 2. The molecular weight excluding hydrogens is 456 g/mol. The van der Waals surface area contributed by atoms with Crippen molar-refractivity contribution in [3.8, 4) is 0 Å². The molecule has 1 saturated heterocycles. The van der Waals surface area contributed by atoms with Crippen LogP contribution in [0.15, 0.2) is 39.5 Å². The van der Waals surface area contributed by atoms with Gasteiger partial charge in [-0.15, -0.1) is 0 Å². The average Bonchev–Trinajstić information content (AvgIpc) is 3.14. The van der Waals surface area contributed by atoms with Crippen LogP contribution >= 0.6 is 0 Å². The fraction of sp³-hybridized carbons (Fsp3) is 0.385. The number of benzene rings is 2. The third-order valence-corrected chi connectivity index (χ3v) is 6.69. The second-order valence-corrected chi connectivity index (χ2v) is 9.33. The first-order valence-electron chi connectivity index (χ1n) is 11.6. The van der Waals surface area contributed by atoms with E-state index in [0.717, 1.165) is 6.07 Å². The topological polar surface area (TPSA) is 66.2 Å². The lowest BCUT2D eigenvalue weighted by Gasteiger charge is -2.28. The number of nitrogens with zero attached hydrogens (tertiary/aromatic N) is 3. The number of amides is 1. The molecule has 1 aromatic heterocycles. The monoisotopic (exact) mass is 483 g/mol. The van der Waals surface area contributed by atoms with Crippen LogP contribution in [0, 0.1) is 11.6 Å². The number of anilines is 2. The van der Waals surface area contributed by atoms with Crippen molar-refractivity contribution in [2.24, 2.45) is 0 Å². The molecule has 2 aromatic carbocycles. The van der Waals surface area contributed by atoms with Crippen molar-refractivity contribution in [1.82, 2.24) is 4.90 Å². The number of carbonyl (C=O) groups excluding carboxylic acids is 1. The Bertz CT molecular complexity index is 1360. The maximum Gasteiger partial charge on any atom is 0.253 e. The van der Waals surface area contributed by atoms with Gasteiger partial charge in [-0.25, -0.2) is 8.78 Å². The van der Waals surface area contributed by atoms with E-state index >= 15 is 0 Å². The first kappa shape index (κ1) is 23.3. The molecule has 0 aliphatic carbocycles. The Morgan fingerprint density at radius 1 is 1.11 bits per heavy atom. The molecule has 1 amide bonds. The van der Waals surface area contributed by atoms with Gasteiger partial charge in [-0.05, 0) is 31.5 Å². The van der Waals surface area contributed by atoms with Crippen LogP contribution in [0.4, 0.5) is 20.4 Å². The Balaban J connectivity index is 1.66. The molecule has 3 heterocycles. The van der Waals surface area contributed by atoms with Crippen LogP contribution in [0.3, 0.4) is 0 Å². The Morgan fingerprint density at radius 2 is 1.86 bits per heavy atom. The normalized spacial score (nSPS) is 17.7. The number of fused-ring (bicyclic) bond motifs is 2. The first-order chi connectivity index (χ1) is 16.7. The highest BCUT2D eigenvalue weighted by Gasteiger charge is 2.31. The standard InChI is InChI=1S/C26H27F2N3O4/c1-15-8-19-21(28)11-18(27)12-22(19)31(15)14-17-9-16(26(33)29(2)3)10-20-23(32)13-24(35-25(17)20)30-4-6-34-7-5-30/h9-13,15H,4-8,14H2,1-3H3. The van der Waals surface area contributed by atoms with Crippen LogP contribution in [-0.2, 0) is 17.7 Å². The maximum absolute atomic E-state index is 14.5. The summed E-state index contributed by atoms with van der Waals surface area (Å²) in [5, 5.41) is 0.294. The van der Waals surface area contributed by atoms with Gasteiger partial charge in [-0.1, -0.05) is 0 Å². The zero-order chi connectivity index (χ0) is 24.9. The Kier molecular flexibility index (Phi) is 5.96. The molecule has 1 atom stereocenters. The summed E-state index contributed by atoms with van der Waals surface area (Å²) in [5.41, 5.74) is 1.99. The zero-order valence-corrected chi connectivity index (χ0v) is 19.9. The quantitative estimate of drug-likeness (QED) is 0.566. The lowest BCUT2D eigenvalue weighted by atomic mass is 10.0. The van der Waals surface area contributed by atoms with E-state index in [4.69, 9.17) is 9.15 Å². The molecule has 35 heavy (non-hydrogen) atoms. The average molecular weight is 484 g/mol. The van der Waals surface area contributed by atoms with Gasteiger partial charge in [0.15, 0.2) is 11.3 Å². The van der Waals surface area contributed by atoms with Crippen molar-refractivity contribution in [3.63, 3.8) is 0 Å². The third-order valence-electron chi connectivity index (χ3n) is 6.69. The lowest BCUT2D eigenvalue weighted by molar-refractivity contribution is 0.0827. The van der Waals surface area contributed by atoms with Crippen molar-refractivity contribution >= 4 is 28.4 Å². The molecule has 1 fully saturated rings. The van der Waals surface area contributed by atoms with Gasteiger partial charge in [0.25, 0.3) is 5.91 Å². The van der Waals surface area contributed by atoms with Gasteiger partial charge < -0.3 is 23.9 Å². The number of rotatable bonds is 4. The summed E-state index contributed by atoms with van der Waals surface area (Å²) in [4.78, 5) is 31.3. The van der Waals surface area contributed by atoms with Crippen molar-refractivity contribution < 1.29 is 22.7 Å². The van der Waals surface area contributed by atoms with E-state index in [1.54, 1.807) is 26.2 Å². The van der Waals surface area contributed by atoms with Crippen molar-refractivity contribution in [2.45, 2.75) is 25.9 Å². The molecule has 0 spiro atoms. The molecular formula is C26H27F2N3O4. The van der Waals surface area contributed by atoms with E-state index in [0.29, 0.717) is 72.0 Å². The van der Waals surface area contributed by atoms with E-state index in [2.05, 4.69) is 0 Å². The number of hydrogen-bond donors (Lipinski definition) is 0. The summed E-state index contributed by atoms with van der Waals surface area (Å²) in [6.45, 7) is 4.40. The predicted molar refractivity (Wildman–Crippen MR) is 129 cm³/mol. The molecule has 184 valence electrons. The van der Waals surface area contributed by atoms with Gasteiger partial charge in [-0.2, -0.15) is 0 Å². The third kappa shape index (κ3) is 4.25. The minimum atomic E-state index is -0.650. The Labute approximate surface area is 201 Å². The molecule has 1 unspecified atom stereocenters. The number of morpholine rings is 1. The molecule has 2 aliphatic rings. The Morgan fingerprint density at radius 3 is 2.57 bits per heavy atom. The highest BCUT2D eigenvalue weighted by molar-refractivity contribution is 5.98. The van der Waals surface area contributed by atoms with Gasteiger partial charge in [-0.3, -0.25) is 9.59 Å². The first-order valence-corrected chi connectivity index (χ1v) is 11.6. The fourth-order valence-electron chi connectivity index (χ4n) is 4.87. The fourth-order valence-corrected chi connectivity index (χ4v) is 4.87. The number of ether oxygens (including phenoxy) is 1. The number of hydrogen-bond acceptors (Lipinski definition) is 6. The lowest BCUT2D eigenvalue weighted by Crippen LogP contribution is -2.36. The van der Waals surface area contributed by atoms with Crippen LogP contribution in [-0.4, -0.2) is 57.2 Å². The van der Waals surface area contributed by atoms with Crippen LogP contribution in [0.5, 0.6) is 0 Å². The van der Waals surface area contributed by atoms with Gasteiger partial charge >= 0.3 is 0 Å². The highest BCUT2D eigenvalue weighted by atomic mass is 19.1. The largest absolute Gasteiger partial charge is 0.440 e. The Hall–Kier alpha value is -3.46. The molecule has 0 bridgehead atoms. The van der Waals surface area contributed by atoms with Gasteiger partial charge in [0, 0.05) is 74.3 Å². The van der Waals surface area contributed by atoms with Gasteiger partial charge in [0.05, 0.1) is 18.6 Å². The summed E-state index contributed by atoms with van der Waals surface area (Å²) < 4.78 is 40.2. The van der Waals surface area contributed by atoms with E-state index in [9.17, 15) is 18.4 Å². The van der Waals surface area contributed by atoms with E-state index in [1.807, 2.05) is 16.7 Å². The van der Waals surface area contributed by atoms with Crippen LogP contribution < -0.4 is 15.2 Å². The maximum atomic E-state index is 14.5. The summed E-state index contributed by atoms with van der Waals surface area (Å²) >= 11 is 0. The molecule has 0 saturated carbocycles. The van der Waals surface area contributed by atoms with Crippen molar-refractivity contribution in [2.75, 3.05) is 50.2 Å². The molecule has 0 radical (unpaired) electrons. The van der Waals surface area contributed by atoms with Crippen LogP contribution in [0.25, 0.3) is 11.0 Å². The summed E-state index contributed by atoms with van der Waals surface area (Å²) in [6, 6.07) is 6.81. The molecule has 3 aromatic rings.